The lowest BCUT2D eigenvalue weighted by molar-refractivity contribution is 0.0697. The van der Waals surface area contributed by atoms with Crippen LogP contribution < -0.4 is 0 Å². The van der Waals surface area contributed by atoms with Crippen LogP contribution in [-0.4, -0.2) is 39.1 Å². The number of aromatic carboxylic acids is 1. The standard InChI is InChI=1S/C22H19NO5/c1-23(21(26)19-12-17(22(27)28)8-11-20(19)25)13-14-2-4-15(5-3-14)16-6-9-18(24)10-7-16/h2-12,24-25H,13H2,1H3,(H,27,28). The SMILES string of the molecule is CN(Cc1ccc(-c2ccc(O)cc2)cc1)C(=O)c1cc(C(=O)O)ccc1O. The predicted molar refractivity (Wildman–Crippen MR) is 104 cm³/mol. The molecule has 0 aliphatic carbocycles. The van der Waals surface area contributed by atoms with Gasteiger partial charge in [0.2, 0.25) is 0 Å². The van der Waals surface area contributed by atoms with Crippen molar-refractivity contribution >= 4 is 11.9 Å². The topological polar surface area (TPSA) is 98.1 Å². The first-order valence-corrected chi connectivity index (χ1v) is 8.55. The highest BCUT2D eigenvalue weighted by atomic mass is 16.4. The van der Waals surface area contributed by atoms with Gasteiger partial charge in [0.25, 0.3) is 5.91 Å². The molecule has 0 radical (unpaired) electrons. The van der Waals surface area contributed by atoms with Crippen LogP contribution in [0.5, 0.6) is 11.5 Å². The van der Waals surface area contributed by atoms with Crippen LogP contribution in [0.1, 0.15) is 26.3 Å². The Hall–Kier alpha value is -3.80. The van der Waals surface area contributed by atoms with Crippen molar-refractivity contribution in [1.82, 2.24) is 4.90 Å². The molecule has 0 aromatic heterocycles. The quantitative estimate of drug-likeness (QED) is 0.629. The average molecular weight is 377 g/mol. The van der Waals surface area contributed by atoms with Gasteiger partial charge in [-0.1, -0.05) is 36.4 Å². The molecular formula is C22H19NO5. The number of aromatic hydroxyl groups is 2. The summed E-state index contributed by atoms with van der Waals surface area (Å²) in [5.41, 5.74) is 2.71. The van der Waals surface area contributed by atoms with Gasteiger partial charge in [0.05, 0.1) is 11.1 Å². The number of carboxylic acid groups (broad SMARTS) is 1. The Balaban J connectivity index is 1.75. The monoisotopic (exact) mass is 377 g/mol. The van der Waals surface area contributed by atoms with Crippen LogP contribution in [-0.2, 0) is 6.54 Å². The van der Waals surface area contributed by atoms with Crippen LogP contribution in [0.25, 0.3) is 11.1 Å². The van der Waals surface area contributed by atoms with Gasteiger partial charge >= 0.3 is 5.97 Å². The molecule has 0 atom stereocenters. The number of amides is 1. The van der Waals surface area contributed by atoms with E-state index in [1.54, 1.807) is 19.2 Å². The van der Waals surface area contributed by atoms with E-state index in [2.05, 4.69) is 0 Å². The van der Waals surface area contributed by atoms with Crippen molar-refractivity contribution < 1.29 is 24.9 Å². The zero-order chi connectivity index (χ0) is 20.3. The molecule has 142 valence electrons. The van der Waals surface area contributed by atoms with E-state index in [9.17, 15) is 19.8 Å². The average Bonchev–Trinajstić information content (AvgIpc) is 2.69. The van der Waals surface area contributed by atoms with E-state index < -0.39 is 11.9 Å². The van der Waals surface area contributed by atoms with E-state index in [0.29, 0.717) is 6.54 Å². The molecular weight excluding hydrogens is 358 g/mol. The number of hydrogen-bond donors (Lipinski definition) is 3. The number of rotatable bonds is 5. The molecule has 3 N–H and O–H groups in total. The number of phenols is 2. The fraction of sp³-hybridized carbons (Fsp3) is 0.0909. The fourth-order valence-electron chi connectivity index (χ4n) is 2.85. The molecule has 0 heterocycles. The normalized spacial score (nSPS) is 10.5. The molecule has 0 bridgehead atoms. The fourth-order valence-corrected chi connectivity index (χ4v) is 2.85. The Morgan fingerprint density at radius 1 is 0.857 bits per heavy atom. The van der Waals surface area contributed by atoms with Gasteiger partial charge in [-0.2, -0.15) is 0 Å². The van der Waals surface area contributed by atoms with Gasteiger partial charge in [0.15, 0.2) is 0 Å². The zero-order valence-corrected chi connectivity index (χ0v) is 15.2. The van der Waals surface area contributed by atoms with E-state index in [4.69, 9.17) is 5.11 Å². The number of benzene rings is 3. The molecule has 6 heteroatoms. The van der Waals surface area contributed by atoms with E-state index in [1.165, 1.54) is 23.1 Å². The highest BCUT2D eigenvalue weighted by Crippen LogP contribution is 2.24. The van der Waals surface area contributed by atoms with Gasteiger partial charge in [-0.25, -0.2) is 4.79 Å². The third kappa shape index (κ3) is 4.12. The first-order valence-electron chi connectivity index (χ1n) is 8.55. The molecule has 3 aromatic carbocycles. The van der Waals surface area contributed by atoms with Crippen molar-refractivity contribution in [1.29, 1.82) is 0 Å². The van der Waals surface area contributed by atoms with Gasteiger partial charge in [-0.05, 0) is 47.0 Å². The molecule has 3 aromatic rings. The first-order chi connectivity index (χ1) is 13.3. The molecule has 0 aliphatic heterocycles. The summed E-state index contributed by atoms with van der Waals surface area (Å²) in [6.45, 7) is 0.297. The summed E-state index contributed by atoms with van der Waals surface area (Å²) in [5.74, 6) is -1.69. The van der Waals surface area contributed by atoms with Crippen molar-refractivity contribution in [3.63, 3.8) is 0 Å². The Bertz CT molecular complexity index is 1010. The van der Waals surface area contributed by atoms with Crippen molar-refractivity contribution in [3.8, 4) is 22.6 Å². The highest BCUT2D eigenvalue weighted by Gasteiger charge is 2.18. The number of carbonyl (C=O) groups excluding carboxylic acids is 1. The molecule has 1 amide bonds. The van der Waals surface area contributed by atoms with Crippen LogP contribution in [0.3, 0.4) is 0 Å². The van der Waals surface area contributed by atoms with Gasteiger partial charge in [0, 0.05) is 13.6 Å². The van der Waals surface area contributed by atoms with Crippen molar-refractivity contribution in [3.05, 3.63) is 83.4 Å². The lowest BCUT2D eigenvalue weighted by atomic mass is 10.0. The second-order valence-electron chi connectivity index (χ2n) is 6.44. The van der Waals surface area contributed by atoms with E-state index >= 15 is 0 Å². The molecule has 6 nitrogen and oxygen atoms in total. The van der Waals surface area contributed by atoms with Crippen LogP contribution in [0.15, 0.2) is 66.7 Å². The summed E-state index contributed by atoms with van der Waals surface area (Å²) in [6.07, 6.45) is 0. The Kier molecular flexibility index (Phi) is 5.31. The lowest BCUT2D eigenvalue weighted by Crippen LogP contribution is -2.26. The Morgan fingerprint density at radius 3 is 2.00 bits per heavy atom. The first kappa shape index (κ1) is 19.0. The number of hydrogen-bond acceptors (Lipinski definition) is 4. The number of carbonyl (C=O) groups is 2. The molecule has 3 rings (SSSR count). The Labute approximate surface area is 161 Å². The third-order valence-electron chi connectivity index (χ3n) is 4.39. The van der Waals surface area contributed by atoms with Crippen molar-refractivity contribution in [2.75, 3.05) is 7.05 Å². The van der Waals surface area contributed by atoms with Crippen LogP contribution in [0.4, 0.5) is 0 Å². The summed E-state index contributed by atoms with van der Waals surface area (Å²) in [6, 6.07) is 18.1. The maximum atomic E-state index is 12.6. The maximum Gasteiger partial charge on any atom is 0.335 e. The molecule has 0 spiro atoms. The lowest BCUT2D eigenvalue weighted by Gasteiger charge is -2.18. The number of carboxylic acids is 1. The summed E-state index contributed by atoms with van der Waals surface area (Å²) < 4.78 is 0. The minimum atomic E-state index is -1.17. The molecule has 0 saturated heterocycles. The molecule has 0 saturated carbocycles. The van der Waals surface area contributed by atoms with E-state index in [0.717, 1.165) is 16.7 Å². The smallest absolute Gasteiger partial charge is 0.335 e. The molecule has 0 fully saturated rings. The largest absolute Gasteiger partial charge is 0.508 e. The maximum absolute atomic E-state index is 12.6. The zero-order valence-electron chi connectivity index (χ0n) is 15.2. The van der Waals surface area contributed by atoms with Crippen LogP contribution >= 0.6 is 0 Å². The van der Waals surface area contributed by atoms with Gasteiger partial charge < -0.3 is 20.2 Å². The summed E-state index contributed by atoms with van der Waals surface area (Å²) in [4.78, 5) is 25.1. The van der Waals surface area contributed by atoms with Gasteiger partial charge in [-0.15, -0.1) is 0 Å². The minimum absolute atomic E-state index is 0.0527. The highest BCUT2D eigenvalue weighted by molar-refractivity contribution is 5.99. The van der Waals surface area contributed by atoms with E-state index in [-0.39, 0.29) is 22.6 Å². The van der Waals surface area contributed by atoms with E-state index in [1.807, 2.05) is 36.4 Å². The summed E-state index contributed by atoms with van der Waals surface area (Å²) in [5, 5.41) is 28.4. The van der Waals surface area contributed by atoms with Gasteiger partial charge in [-0.3, -0.25) is 4.79 Å². The number of nitrogens with zero attached hydrogens (tertiary/aromatic N) is 1. The van der Waals surface area contributed by atoms with Crippen molar-refractivity contribution in [2.24, 2.45) is 0 Å². The predicted octanol–water partition coefficient (Wildman–Crippen LogP) is 3.74. The second-order valence-corrected chi connectivity index (χ2v) is 6.44. The summed E-state index contributed by atoms with van der Waals surface area (Å²) in [7, 11) is 1.59. The van der Waals surface area contributed by atoms with Crippen LogP contribution in [0.2, 0.25) is 0 Å². The minimum Gasteiger partial charge on any atom is -0.508 e. The molecule has 0 aliphatic rings. The third-order valence-corrected chi connectivity index (χ3v) is 4.39. The molecule has 28 heavy (non-hydrogen) atoms. The second kappa shape index (κ2) is 7.84. The number of phenolic OH excluding ortho intramolecular Hbond substituents is 2. The molecule has 0 unspecified atom stereocenters. The van der Waals surface area contributed by atoms with Gasteiger partial charge in [0.1, 0.15) is 11.5 Å². The van der Waals surface area contributed by atoms with Crippen molar-refractivity contribution in [2.45, 2.75) is 6.54 Å². The van der Waals surface area contributed by atoms with Crippen LogP contribution in [0, 0.1) is 0 Å². The summed E-state index contributed by atoms with van der Waals surface area (Å²) >= 11 is 0. The Morgan fingerprint density at radius 2 is 1.43 bits per heavy atom.